The van der Waals surface area contributed by atoms with E-state index in [2.05, 4.69) is 22.0 Å². The highest BCUT2D eigenvalue weighted by Crippen LogP contribution is 2.25. The number of hydrogen-bond acceptors (Lipinski definition) is 3. The van der Waals surface area contributed by atoms with Crippen molar-refractivity contribution in [3.05, 3.63) is 67.7 Å². The fourth-order valence-corrected chi connectivity index (χ4v) is 2.43. The van der Waals surface area contributed by atoms with Gasteiger partial charge in [-0.25, -0.2) is 0 Å². The molecule has 4 nitrogen and oxygen atoms in total. The summed E-state index contributed by atoms with van der Waals surface area (Å²) in [4.78, 5) is 10.3. The van der Waals surface area contributed by atoms with Gasteiger partial charge in [-0.1, -0.05) is 22.0 Å². The first-order chi connectivity index (χ1) is 9.45. The van der Waals surface area contributed by atoms with Crippen LogP contribution in [-0.4, -0.2) is 4.92 Å². The molecule has 0 aliphatic heterocycles. The average Bonchev–Trinajstić information content (AvgIpc) is 2.36. The molecule has 5 heteroatoms. The van der Waals surface area contributed by atoms with Gasteiger partial charge in [0.05, 0.1) is 4.92 Å². The molecule has 0 aliphatic rings. The lowest BCUT2D eigenvalue weighted by Crippen LogP contribution is -1.98. The Morgan fingerprint density at radius 2 is 1.80 bits per heavy atom. The van der Waals surface area contributed by atoms with E-state index in [-0.39, 0.29) is 5.69 Å². The van der Waals surface area contributed by atoms with Crippen molar-refractivity contribution in [3.63, 3.8) is 0 Å². The summed E-state index contributed by atoms with van der Waals surface area (Å²) < 4.78 is 6.41. The molecular formula is C15H14BrNO3. The van der Waals surface area contributed by atoms with Crippen molar-refractivity contribution in [1.82, 2.24) is 0 Å². The molecule has 0 saturated carbocycles. The molecule has 0 aromatic heterocycles. The Hall–Kier alpha value is -1.88. The molecule has 0 unspecified atom stereocenters. The van der Waals surface area contributed by atoms with E-state index in [9.17, 15) is 10.1 Å². The average molecular weight is 336 g/mol. The van der Waals surface area contributed by atoms with Crippen molar-refractivity contribution in [2.45, 2.75) is 20.5 Å². The van der Waals surface area contributed by atoms with Crippen LogP contribution in [0.5, 0.6) is 5.75 Å². The highest BCUT2D eigenvalue weighted by Gasteiger charge is 2.09. The second kappa shape index (κ2) is 6.05. The van der Waals surface area contributed by atoms with Gasteiger partial charge in [0.2, 0.25) is 0 Å². The van der Waals surface area contributed by atoms with Crippen molar-refractivity contribution in [2.24, 2.45) is 0 Å². The van der Waals surface area contributed by atoms with Gasteiger partial charge in [0.15, 0.2) is 0 Å². The summed E-state index contributed by atoms with van der Waals surface area (Å²) in [6.45, 7) is 4.39. The van der Waals surface area contributed by atoms with Crippen LogP contribution in [0, 0.1) is 24.0 Å². The predicted molar refractivity (Wildman–Crippen MR) is 81.0 cm³/mol. The van der Waals surface area contributed by atoms with Crippen LogP contribution in [0.4, 0.5) is 5.69 Å². The quantitative estimate of drug-likeness (QED) is 0.608. The predicted octanol–water partition coefficient (Wildman–Crippen LogP) is 4.55. The number of hydrogen-bond donors (Lipinski definition) is 0. The number of nitro benzene ring substituents is 1. The maximum atomic E-state index is 10.7. The SMILES string of the molecule is Cc1cc(C)cc(OCc2ccc([N+](=O)[O-])cc2Br)c1. The van der Waals surface area contributed by atoms with E-state index in [1.54, 1.807) is 6.07 Å². The maximum Gasteiger partial charge on any atom is 0.270 e. The van der Waals surface area contributed by atoms with E-state index >= 15 is 0 Å². The summed E-state index contributed by atoms with van der Waals surface area (Å²) >= 11 is 3.33. The molecule has 0 atom stereocenters. The van der Waals surface area contributed by atoms with Gasteiger partial charge >= 0.3 is 0 Å². The van der Waals surface area contributed by atoms with Crippen molar-refractivity contribution in [1.29, 1.82) is 0 Å². The molecule has 20 heavy (non-hydrogen) atoms. The lowest BCUT2D eigenvalue weighted by Gasteiger charge is -2.09. The van der Waals surface area contributed by atoms with E-state index in [0.29, 0.717) is 11.1 Å². The Balaban J connectivity index is 2.12. The van der Waals surface area contributed by atoms with Gasteiger partial charge in [-0.3, -0.25) is 10.1 Å². The lowest BCUT2D eigenvalue weighted by atomic mass is 10.1. The normalized spacial score (nSPS) is 10.3. The van der Waals surface area contributed by atoms with Crippen LogP contribution in [0.25, 0.3) is 0 Å². The second-order valence-electron chi connectivity index (χ2n) is 4.64. The molecule has 0 N–H and O–H groups in total. The lowest BCUT2D eigenvalue weighted by molar-refractivity contribution is -0.384. The van der Waals surface area contributed by atoms with Gasteiger partial charge < -0.3 is 4.74 Å². The molecule has 0 heterocycles. The van der Waals surface area contributed by atoms with Crippen molar-refractivity contribution in [3.8, 4) is 5.75 Å². The third-order valence-electron chi connectivity index (χ3n) is 2.84. The maximum absolute atomic E-state index is 10.7. The van der Waals surface area contributed by atoms with Crippen LogP contribution in [0.15, 0.2) is 40.9 Å². The smallest absolute Gasteiger partial charge is 0.270 e. The van der Waals surface area contributed by atoms with Gasteiger partial charge in [-0.2, -0.15) is 0 Å². The number of aryl methyl sites for hydroxylation is 2. The first kappa shape index (κ1) is 14.5. The Kier molecular flexibility index (Phi) is 4.39. The largest absolute Gasteiger partial charge is 0.489 e. The molecule has 0 bridgehead atoms. The number of benzene rings is 2. The molecular weight excluding hydrogens is 322 g/mol. The zero-order valence-electron chi connectivity index (χ0n) is 11.2. The molecule has 2 aromatic carbocycles. The fraction of sp³-hybridized carbons (Fsp3) is 0.200. The van der Waals surface area contributed by atoms with E-state index < -0.39 is 4.92 Å². The number of ether oxygens (including phenoxy) is 1. The zero-order chi connectivity index (χ0) is 14.7. The molecule has 0 fully saturated rings. The summed E-state index contributed by atoms with van der Waals surface area (Å²) in [5.41, 5.74) is 3.22. The molecule has 0 amide bonds. The molecule has 0 radical (unpaired) electrons. The molecule has 104 valence electrons. The Labute approximate surface area is 125 Å². The number of rotatable bonds is 4. The monoisotopic (exact) mass is 335 g/mol. The summed E-state index contributed by atoms with van der Waals surface area (Å²) in [7, 11) is 0. The van der Waals surface area contributed by atoms with E-state index in [0.717, 1.165) is 22.4 Å². The summed E-state index contributed by atoms with van der Waals surface area (Å²) in [6, 6.07) is 10.7. The highest BCUT2D eigenvalue weighted by atomic mass is 79.9. The minimum atomic E-state index is -0.417. The van der Waals surface area contributed by atoms with Crippen LogP contribution >= 0.6 is 15.9 Å². The van der Waals surface area contributed by atoms with Gasteiger partial charge in [0.25, 0.3) is 5.69 Å². The first-order valence-electron chi connectivity index (χ1n) is 6.09. The van der Waals surface area contributed by atoms with Crippen molar-refractivity contribution < 1.29 is 9.66 Å². The van der Waals surface area contributed by atoms with Crippen molar-refractivity contribution in [2.75, 3.05) is 0 Å². The zero-order valence-corrected chi connectivity index (χ0v) is 12.8. The Morgan fingerprint density at radius 1 is 1.15 bits per heavy atom. The minimum Gasteiger partial charge on any atom is -0.489 e. The summed E-state index contributed by atoms with van der Waals surface area (Å²) in [5, 5.41) is 10.7. The molecule has 2 aromatic rings. The minimum absolute atomic E-state index is 0.0621. The van der Waals surface area contributed by atoms with Crippen LogP contribution < -0.4 is 4.74 Å². The van der Waals surface area contributed by atoms with E-state index in [1.807, 2.05) is 26.0 Å². The number of non-ortho nitro benzene ring substituents is 1. The number of nitrogens with zero attached hydrogens (tertiary/aromatic N) is 1. The molecule has 0 spiro atoms. The van der Waals surface area contributed by atoms with Gasteiger partial charge in [0.1, 0.15) is 12.4 Å². The fourth-order valence-electron chi connectivity index (χ4n) is 1.94. The van der Waals surface area contributed by atoms with Crippen LogP contribution in [0.2, 0.25) is 0 Å². The van der Waals surface area contributed by atoms with E-state index in [4.69, 9.17) is 4.74 Å². The Morgan fingerprint density at radius 3 is 2.35 bits per heavy atom. The topological polar surface area (TPSA) is 52.4 Å². The third-order valence-corrected chi connectivity index (χ3v) is 3.58. The third kappa shape index (κ3) is 3.57. The number of nitro groups is 1. The number of halogens is 1. The second-order valence-corrected chi connectivity index (χ2v) is 5.50. The first-order valence-corrected chi connectivity index (χ1v) is 6.89. The molecule has 2 rings (SSSR count). The highest BCUT2D eigenvalue weighted by molar-refractivity contribution is 9.10. The van der Waals surface area contributed by atoms with Crippen molar-refractivity contribution >= 4 is 21.6 Å². The van der Waals surface area contributed by atoms with Gasteiger partial charge in [0, 0.05) is 22.2 Å². The van der Waals surface area contributed by atoms with Gasteiger partial charge in [-0.05, 0) is 43.2 Å². The van der Waals surface area contributed by atoms with Gasteiger partial charge in [-0.15, -0.1) is 0 Å². The molecule has 0 aliphatic carbocycles. The Bertz CT molecular complexity index is 635. The summed E-state index contributed by atoms with van der Waals surface area (Å²) in [5.74, 6) is 0.799. The molecule has 0 saturated heterocycles. The van der Waals surface area contributed by atoms with Crippen LogP contribution in [0.3, 0.4) is 0 Å². The van der Waals surface area contributed by atoms with Crippen LogP contribution in [0.1, 0.15) is 16.7 Å². The van der Waals surface area contributed by atoms with E-state index in [1.165, 1.54) is 12.1 Å². The van der Waals surface area contributed by atoms with Crippen LogP contribution in [-0.2, 0) is 6.61 Å². The standard InChI is InChI=1S/C15H14BrNO3/c1-10-5-11(2)7-14(6-10)20-9-12-3-4-13(17(18)19)8-15(12)16/h3-8H,9H2,1-2H3. The summed E-state index contributed by atoms with van der Waals surface area (Å²) in [6.07, 6.45) is 0.